The molecule has 4 rings (SSSR count). The Labute approximate surface area is 186 Å². The molecule has 0 fully saturated rings. The van der Waals surface area contributed by atoms with Crippen LogP contribution < -0.4 is 5.32 Å². The lowest BCUT2D eigenvalue weighted by Crippen LogP contribution is -2.19. The molecule has 0 saturated carbocycles. The molecule has 1 unspecified atom stereocenters. The number of hydrogen-bond acceptors (Lipinski definition) is 4. The molecule has 1 amide bonds. The summed E-state index contributed by atoms with van der Waals surface area (Å²) >= 11 is 1.40. The first-order chi connectivity index (χ1) is 15.0. The average Bonchev–Trinajstić information content (AvgIpc) is 3.12. The van der Waals surface area contributed by atoms with E-state index < -0.39 is 5.25 Å². The van der Waals surface area contributed by atoms with Crippen LogP contribution in [0.15, 0.2) is 84.0 Å². The van der Waals surface area contributed by atoms with E-state index >= 15 is 0 Å². The number of hydrogen-bond donors (Lipinski definition) is 1. The summed E-state index contributed by atoms with van der Waals surface area (Å²) in [6.07, 6.45) is 0. The van der Waals surface area contributed by atoms with Crippen LogP contribution in [0.3, 0.4) is 0 Å². The lowest BCUT2D eigenvalue weighted by Gasteiger charge is -2.17. The lowest BCUT2D eigenvalue weighted by atomic mass is 10.1. The van der Waals surface area contributed by atoms with E-state index in [-0.39, 0.29) is 5.91 Å². The van der Waals surface area contributed by atoms with Gasteiger partial charge in [-0.15, -0.1) is 10.2 Å². The van der Waals surface area contributed by atoms with Gasteiger partial charge < -0.3 is 9.88 Å². The van der Waals surface area contributed by atoms with Gasteiger partial charge >= 0.3 is 0 Å². The summed E-state index contributed by atoms with van der Waals surface area (Å²) in [5.74, 6) is 0.676. The molecule has 0 aliphatic rings. The minimum atomic E-state index is -0.464. The number of anilines is 1. The summed E-state index contributed by atoms with van der Waals surface area (Å²) in [4.78, 5) is 13.3. The van der Waals surface area contributed by atoms with Crippen LogP contribution in [-0.4, -0.2) is 20.7 Å². The van der Waals surface area contributed by atoms with Crippen molar-refractivity contribution in [3.63, 3.8) is 0 Å². The molecule has 31 heavy (non-hydrogen) atoms. The summed E-state index contributed by atoms with van der Waals surface area (Å²) in [5.41, 5.74) is 4.92. The van der Waals surface area contributed by atoms with Gasteiger partial charge in [0.15, 0.2) is 11.0 Å². The van der Waals surface area contributed by atoms with Gasteiger partial charge in [-0.3, -0.25) is 4.79 Å². The average molecular weight is 429 g/mol. The summed E-state index contributed by atoms with van der Waals surface area (Å²) in [7, 11) is 1.93. The third-order valence-electron chi connectivity index (χ3n) is 4.92. The molecule has 0 spiro atoms. The van der Waals surface area contributed by atoms with Crippen LogP contribution in [0, 0.1) is 13.8 Å². The van der Waals surface area contributed by atoms with Crippen LogP contribution in [0.5, 0.6) is 0 Å². The highest BCUT2D eigenvalue weighted by Gasteiger charge is 2.25. The van der Waals surface area contributed by atoms with Gasteiger partial charge in [0.25, 0.3) is 0 Å². The second kappa shape index (κ2) is 9.18. The molecular weight excluding hydrogens is 404 g/mol. The molecule has 6 heteroatoms. The van der Waals surface area contributed by atoms with E-state index in [0.717, 1.165) is 33.8 Å². The molecule has 5 nitrogen and oxygen atoms in total. The van der Waals surface area contributed by atoms with Gasteiger partial charge in [-0.25, -0.2) is 0 Å². The Morgan fingerprint density at radius 2 is 1.52 bits per heavy atom. The maximum absolute atomic E-state index is 13.3. The Bertz CT molecular complexity index is 1170. The van der Waals surface area contributed by atoms with Crippen molar-refractivity contribution in [2.75, 3.05) is 5.32 Å². The van der Waals surface area contributed by atoms with Crippen molar-refractivity contribution < 1.29 is 4.79 Å². The molecule has 0 saturated heterocycles. The quantitative estimate of drug-likeness (QED) is 0.408. The van der Waals surface area contributed by atoms with Gasteiger partial charge in [0.05, 0.1) is 0 Å². The number of aryl methyl sites for hydroxylation is 2. The van der Waals surface area contributed by atoms with Gasteiger partial charge in [0.2, 0.25) is 5.91 Å². The van der Waals surface area contributed by atoms with E-state index in [1.807, 2.05) is 98.3 Å². The summed E-state index contributed by atoms with van der Waals surface area (Å²) in [6.45, 7) is 4.05. The van der Waals surface area contributed by atoms with Crippen LogP contribution >= 0.6 is 11.8 Å². The molecule has 0 aliphatic heterocycles. The number of nitrogens with one attached hydrogen (secondary N) is 1. The fourth-order valence-corrected chi connectivity index (χ4v) is 4.52. The topological polar surface area (TPSA) is 59.8 Å². The SMILES string of the molecule is Cc1cc(C)cc(NC(=O)C(Sc2nnc(-c3ccccc3)n2C)c2ccccc2)c1. The molecular formula is C25H24N4OS. The highest BCUT2D eigenvalue weighted by Crippen LogP contribution is 2.36. The second-order valence-electron chi connectivity index (χ2n) is 7.51. The monoisotopic (exact) mass is 428 g/mol. The molecule has 0 bridgehead atoms. The molecule has 0 aliphatic carbocycles. The standard InChI is InChI=1S/C25H24N4OS/c1-17-14-18(2)16-21(15-17)26-24(30)22(19-10-6-4-7-11-19)31-25-28-27-23(29(25)3)20-12-8-5-9-13-20/h4-16,22H,1-3H3,(H,26,30). The maximum atomic E-state index is 13.3. The number of amides is 1. The first-order valence-corrected chi connectivity index (χ1v) is 10.9. The Morgan fingerprint density at radius 1 is 0.903 bits per heavy atom. The van der Waals surface area contributed by atoms with Crippen LogP contribution in [0.2, 0.25) is 0 Å². The Kier molecular flexibility index (Phi) is 6.18. The normalized spacial score (nSPS) is 11.8. The van der Waals surface area contributed by atoms with Gasteiger partial charge in [-0.05, 0) is 42.7 Å². The Balaban J connectivity index is 1.64. The summed E-state index contributed by atoms with van der Waals surface area (Å²) < 4.78 is 1.93. The molecule has 3 aromatic carbocycles. The van der Waals surface area contributed by atoms with Crippen molar-refractivity contribution in [3.8, 4) is 11.4 Å². The molecule has 0 radical (unpaired) electrons. The van der Waals surface area contributed by atoms with Crippen LogP contribution in [0.4, 0.5) is 5.69 Å². The lowest BCUT2D eigenvalue weighted by molar-refractivity contribution is -0.115. The minimum absolute atomic E-state index is 0.0922. The van der Waals surface area contributed by atoms with E-state index in [9.17, 15) is 4.79 Å². The van der Waals surface area contributed by atoms with E-state index in [2.05, 4.69) is 21.6 Å². The van der Waals surface area contributed by atoms with Crippen molar-refractivity contribution in [2.24, 2.45) is 7.05 Å². The number of benzene rings is 3. The van der Waals surface area contributed by atoms with E-state index in [1.54, 1.807) is 0 Å². The number of rotatable bonds is 6. The first-order valence-electron chi connectivity index (χ1n) is 10.1. The van der Waals surface area contributed by atoms with Crippen LogP contribution in [0.25, 0.3) is 11.4 Å². The van der Waals surface area contributed by atoms with Gasteiger partial charge in [0, 0.05) is 18.3 Å². The van der Waals surface area contributed by atoms with E-state index in [1.165, 1.54) is 11.8 Å². The van der Waals surface area contributed by atoms with Crippen molar-refractivity contribution in [3.05, 3.63) is 95.6 Å². The highest BCUT2D eigenvalue weighted by atomic mass is 32.2. The van der Waals surface area contributed by atoms with Crippen molar-refractivity contribution in [2.45, 2.75) is 24.3 Å². The first kappa shape index (κ1) is 20.9. The predicted octanol–water partition coefficient (Wildman–Crippen LogP) is 5.57. The number of thioether (sulfide) groups is 1. The van der Waals surface area contributed by atoms with E-state index in [4.69, 9.17) is 0 Å². The molecule has 156 valence electrons. The molecule has 4 aromatic rings. The highest BCUT2D eigenvalue weighted by molar-refractivity contribution is 8.00. The predicted molar refractivity (Wildman–Crippen MR) is 126 cm³/mol. The summed E-state index contributed by atoms with van der Waals surface area (Å²) in [5, 5.41) is 12.0. The zero-order valence-electron chi connectivity index (χ0n) is 17.7. The van der Waals surface area contributed by atoms with Gasteiger partial charge in [0.1, 0.15) is 5.25 Å². The van der Waals surface area contributed by atoms with Crippen molar-refractivity contribution >= 4 is 23.4 Å². The smallest absolute Gasteiger partial charge is 0.242 e. The third-order valence-corrected chi connectivity index (χ3v) is 6.21. The van der Waals surface area contributed by atoms with Crippen molar-refractivity contribution in [1.29, 1.82) is 0 Å². The minimum Gasteiger partial charge on any atom is -0.325 e. The number of aromatic nitrogens is 3. The fraction of sp³-hybridized carbons (Fsp3) is 0.160. The van der Waals surface area contributed by atoms with Crippen LogP contribution in [-0.2, 0) is 11.8 Å². The zero-order chi connectivity index (χ0) is 21.8. The third kappa shape index (κ3) is 4.86. The fourth-order valence-electron chi connectivity index (χ4n) is 3.52. The van der Waals surface area contributed by atoms with Crippen LogP contribution in [0.1, 0.15) is 21.9 Å². The number of carbonyl (C=O) groups is 1. The Hall–Kier alpha value is -3.38. The zero-order valence-corrected chi connectivity index (χ0v) is 18.6. The van der Waals surface area contributed by atoms with E-state index in [0.29, 0.717) is 5.16 Å². The number of nitrogens with zero attached hydrogens (tertiary/aromatic N) is 3. The maximum Gasteiger partial charge on any atom is 0.242 e. The Morgan fingerprint density at radius 3 is 2.16 bits per heavy atom. The molecule has 1 heterocycles. The molecule has 1 atom stereocenters. The van der Waals surface area contributed by atoms with Gasteiger partial charge in [-0.1, -0.05) is 78.5 Å². The van der Waals surface area contributed by atoms with Gasteiger partial charge in [-0.2, -0.15) is 0 Å². The number of carbonyl (C=O) groups excluding carboxylic acids is 1. The summed E-state index contributed by atoms with van der Waals surface area (Å²) in [6, 6.07) is 25.7. The molecule has 1 aromatic heterocycles. The molecule has 1 N–H and O–H groups in total. The largest absolute Gasteiger partial charge is 0.325 e. The van der Waals surface area contributed by atoms with Crippen molar-refractivity contribution in [1.82, 2.24) is 14.8 Å². The second-order valence-corrected chi connectivity index (χ2v) is 8.58.